The monoisotopic (exact) mass is 338 g/mol. The van der Waals surface area contributed by atoms with Gasteiger partial charge in [-0.1, -0.05) is 49.2 Å². The molecule has 1 aromatic carbocycles. The number of carbonyl (C=O) groups excluding carboxylic acids is 1. The second kappa shape index (κ2) is 10.6. The molecule has 8 heteroatoms. The van der Waals surface area contributed by atoms with Gasteiger partial charge in [0.15, 0.2) is 4.84 Å². The van der Waals surface area contributed by atoms with Gasteiger partial charge in [0.05, 0.1) is 18.3 Å². The van der Waals surface area contributed by atoms with E-state index < -0.39 is 29.5 Å². The first-order chi connectivity index (χ1) is 9.99. The fraction of sp³-hybridized carbons (Fsp3) is 0.462. The third-order valence-corrected chi connectivity index (χ3v) is 2.88. The van der Waals surface area contributed by atoms with Gasteiger partial charge in [-0.2, -0.15) is 0 Å². The van der Waals surface area contributed by atoms with Crippen LogP contribution in [0.2, 0.25) is 0 Å². The molecule has 0 aliphatic heterocycles. The number of aliphatic hydroxyl groups excluding tert-OH is 2. The van der Waals surface area contributed by atoms with E-state index in [0.29, 0.717) is 11.3 Å². The Bertz CT molecular complexity index is 415. The number of hydrogen-bond acceptors (Lipinski definition) is 5. The number of halogens is 2. The number of benzene rings is 1. The molecule has 21 heavy (non-hydrogen) atoms. The third-order valence-electron chi connectivity index (χ3n) is 2.48. The number of amides is 1. The normalized spacial score (nSPS) is 13.0. The Kier molecular flexibility index (Phi) is 10.1. The van der Waals surface area contributed by atoms with Crippen molar-refractivity contribution in [2.75, 3.05) is 12.1 Å². The molecule has 0 bridgehead atoms. The lowest BCUT2D eigenvalue weighted by atomic mass is 10.0. The highest BCUT2D eigenvalue weighted by molar-refractivity contribution is 6.53. The van der Waals surface area contributed by atoms with Gasteiger partial charge in [0.2, 0.25) is 0 Å². The zero-order valence-electron chi connectivity index (χ0n) is 11.8. The van der Waals surface area contributed by atoms with Crippen LogP contribution in [0, 0.1) is 0 Å². The second-order valence-corrected chi connectivity index (χ2v) is 4.87. The summed E-state index contributed by atoms with van der Waals surface area (Å²) in [7, 11) is 0. The van der Waals surface area contributed by atoms with Crippen LogP contribution in [0.4, 0.5) is 5.69 Å². The maximum Gasteiger partial charge on any atom is 0.253 e. The highest BCUT2D eigenvalue weighted by Gasteiger charge is 2.24. The van der Waals surface area contributed by atoms with Crippen molar-refractivity contribution in [1.82, 2.24) is 5.32 Å². The molecule has 5 N–H and O–H groups in total. The molecule has 120 valence electrons. The van der Waals surface area contributed by atoms with Crippen LogP contribution in [-0.4, -0.2) is 38.8 Å². The van der Waals surface area contributed by atoms with Crippen molar-refractivity contribution in [1.29, 1.82) is 0 Å². The zero-order valence-corrected chi connectivity index (χ0v) is 13.3. The van der Waals surface area contributed by atoms with Crippen molar-refractivity contribution in [3.63, 3.8) is 0 Å². The van der Waals surface area contributed by atoms with E-state index in [1.807, 2.05) is 19.3 Å². The number of hydrogen-bond donors (Lipinski definition) is 5. The van der Waals surface area contributed by atoms with Crippen molar-refractivity contribution >= 4 is 34.8 Å². The number of nitrogens with one attached hydrogen (secondary N) is 2. The lowest BCUT2D eigenvalue weighted by molar-refractivity contribution is -0.121. The maximum absolute atomic E-state index is 11.3. The Hall–Kier alpha value is -1.05. The van der Waals surface area contributed by atoms with Crippen LogP contribution in [0.3, 0.4) is 0 Å². The third kappa shape index (κ3) is 6.50. The molecule has 2 unspecified atom stereocenters. The summed E-state index contributed by atoms with van der Waals surface area (Å²) in [6.07, 6.45) is -1.13. The molecule has 1 amide bonds. The summed E-state index contributed by atoms with van der Waals surface area (Å²) >= 11 is 10.7. The van der Waals surface area contributed by atoms with Gasteiger partial charge < -0.3 is 15.5 Å². The van der Waals surface area contributed by atoms with Gasteiger partial charge in [0.1, 0.15) is 6.10 Å². The maximum atomic E-state index is 11.3. The van der Waals surface area contributed by atoms with Crippen LogP contribution in [0.15, 0.2) is 24.3 Å². The highest BCUT2D eigenvalue weighted by Crippen LogP contribution is 2.19. The van der Waals surface area contributed by atoms with Crippen molar-refractivity contribution in [3.8, 4) is 0 Å². The van der Waals surface area contributed by atoms with E-state index in [1.165, 1.54) is 24.3 Å². The van der Waals surface area contributed by atoms with E-state index in [1.54, 1.807) is 0 Å². The summed E-state index contributed by atoms with van der Waals surface area (Å²) < 4.78 is 0. The van der Waals surface area contributed by atoms with E-state index in [4.69, 9.17) is 28.4 Å². The van der Waals surface area contributed by atoms with Crippen LogP contribution < -0.4 is 10.8 Å². The van der Waals surface area contributed by atoms with Gasteiger partial charge in [-0.05, 0) is 17.7 Å². The van der Waals surface area contributed by atoms with Crippen molar-refractivity contribution in [3.05, 3.63) is 29.8 Å². The van der Waals surface area contributed by atoms with E-state index in [2.05, 4.69) is 5.32 Å². The molecule has 0 spiro atoms. The summed E-state index contributed by atoms with van der Waals surface area (Å²) in [5.41, 5.74) is 2.85. The topological polar surface area (TPSA) is 102 Å². The van der Waals surface area contributed by atoms with Crippen LogP contribution in [0.25, 0.3) is 0 Å². The van der Waals surface area contributed by atoms with Gasteiger partial charge in [-0.3, -0.25) is 15.5 Å². The first-order valence-corrected chi connectivity index (χ1v) is 7.24. The van der Waals surface area contributed by atoms with Crippen molar-refractivity contribution in [2.24, 2.45) is 0 Å². The summed E-state index contributed by atoms with van der Waals surface area (Å²) in [6, 6.07) is 5.20. The average molecular weight is 339 g/mol. The molecule has 6 nitrogen and oxygen atoms in total. The molecule has 0 saturated carbocycles. The Labute approximate surface area is 133 Å². The van der Waals surface area contributed by atoms with Crippen LogP contribution in [0.5, 0.6) is 0 Å². The van der Waals surface area contributed by atoms with Crippen LogP contribution >= 0.6 is 23.2 Å². The zero-order chi connectivity index (χ0) is 16.4. The Balaban J connectivity index is 0.00000191. The molecule has 0 saturated heterocycles. The first-order valence-electron chi connectivity index (χ1n) is 6.37. The Morgan fingerprint density at radius 2 is 1.76 bits per heavy atom. The number of anilines is 1. The molecular formula is C13H20Cl2N2O4. The average Bonchev–Trinajstić information content (AvgIpc) is 2.53. The molecular weight excluding hydrogens is 319 g/mol. The first kappa shape index (κ1) is 19.9. The number of rotatable bonds is 6. The number of carbonyl (C=O) groups is 1. The van der Waals surface area contributed by atoms with Gasteiger partial charge in [0.25, 0.3) is 5.91 Å². The molecule has 2 atom stereocenters. The van der Waals surface area contributed by atoms with Gasteiger partial charge in [0, 0.05) is 0 Å². The molecule has 0 heterocycles. The van der Waals surface area contributed by atoms with Gasteiger partial charge >= 0.3 is 0 Å². The molecule has 0 aliphatic rings. The van der Waals surface area contributed by atoms with Crippen LogP contribution in [0.1, 0.15) is 25.5 Å². The standard InChI is InChI=1S/C11H14Cl2N2O4.C2H6/c12-10(13)11(18)14-8(5-16)9(17)6-1-3-7(15-19)4-2-6;1-2/h1-4,8-10,15-17,19H,5H2,(H,14,18);1-2H3. The Morgan fingerprint density at radius 1 is 1.24 bits per heavy atom. The minimum absolute atomic E-state index is 0.446. The molecule has 1 rings (SSSR count). The molecule has 0 aliphatic carbocycles. The lowest BCUT2D eigenvalue weighted by Crippen LogP contribution is -2.44. The fourth-order valence-electron chi connectivity index (χ4n) is 1.46. The second-order valence-electron chi connectivity index (χ2n) is 3.78. The van der Waals surface area contributed by atoms with Crippen molar-refractivity contribution in [2.45, 2.75) is 30.8 Å². The van der Waals surface area contributed by atoms with Crippen molar-refractivity contribution < 1.29 is 20.2 Å². The van der Waals surface area contributed by atoms with E-state index in [0.717, 1.165) is 0 Å². The summed E-state index contributed by atoms with van der Waals surface area (Å²) in [6.45, 7) is 3.52. The summed E-state index contributed by atoms with van der Waals surface area (Å²) in [5, 5.41) is 30.2. The predicted octanol–water partition coefficient (Wildman–Crippen LogP) is 1.83. The minimum atomic E-state index is -1.28. The minimum Gasteiger partial charge on any atom is -0.394 e. The van der Waals surface area contributed by atoms with E-state index in [-0.39, 0.29) is 0 Å². The Morgan fingerprint density at radius 3 is 2.14 bits per heavy atom. The quantitative estimate of drug-likeness (QED) is 0.402. The summed E-state index contributed by atoms with van der Waals surface area (Å²) in [4.78, 5) is 10.0. The molecule has 1 aromatic rings. The molecule has 0 aromatic heterocycles. The molecule has 0 radical (unpaired) electrons. The highest BCUT2D eigenvalue weighted by atomic mass is 35.5. The number of alkyl halides is 2. The summed E-state index contributed by atoms with van der Waals surface area (Å²) in [5.74, 6) is -0.699. The van der Waals surface area contributed by atoms with Crippen LogP contribution in [-0.2, 0) is 4.79 Å². The smallest absolute Gasteiger partial charge is 0.253 e. The fourth-order valence-corrected chi connectivity index (χ4v) is 1.58. The molecule has 0 fully saturated rings. The largest absolute Gasteiger partial charge is 0.394 e. The van der Waals surface area contributed by atoms with E-state index >= 15 is 0 Å². The van der Waals surface area contributed by atoms with Gasteiger partial charge in [-0.15, -0.1) is 0 Å². The lowest BCUT2D eigenvalue weighted by Gasteiger charge is -2.23. The SMILES string of the molecule is CC.O=C(NC(CO)C(O)c1ccc(NO)cc1)C(Cl)Cl. The number of aliphatic hydroxyl groups is 2. The van der Waals surface area contributed by atoms with Gasteiger partial charge in [-0.25, -0.2) is 0 Å². The predicted molar refractivity (Wildman–Crippen MR) is 82.7 cm³/mol. The van der Waals surface area contributed by atoms with E-state index in [9.17, 15) is 15.0 Å².